The van der Waals surface area contributed by atoms with Crippen molar-refractivity contribution in [3.05, 3.63) is 27.4 Å². The van der Waals surface area contributed by atoms with Crippen LogP contribution in [0.1, 0.15) is 25.8 Å². The van der Waals surface area contributed by atoms with Gasteiger partial charge in [0.15, 0.2) is 4.77 Å². The Hall–Kier alpha value is -0.940. The fourth-order valence-corrected chi connectivity index (χ4v) is 2.25. The number of aromatic amines is 1. The van der Waals surface area contributed by atoms with Gasteiger partial charge in [0.25, 0.3) is 5.56 Å². The largest absolute Gasteiger partial charge is 0.378 e. The number of hydrogen-bond donors (Lipinski definition) is 1. The van der Waals surface area contributed by atoms with E-state index >= 15 is 0 Å². The summed E-state index contributed by atoms with van der Waals surface area (Å²) in [6, 6.07) is 1.86. The summed E-state index contributed by atoms with van der Waals surface area (Å²) >= 11 is 5.13. The van der Waals surface area contributed by atoms with Crippen LogP contribution in [0.25, 0.3) is 0 Å². The average Bonchev–Trinajstić information content (AvgIpc) is 2.17. The van der Waals surface area contributed by atoms with Crippen LogP contribution in [-0.4, -0.2) is 22.3 Å². The van der Waals surface area contributed by atoms with E-state index in [9.17, 15) is 4.79 Å². The van der Waals surface area contributed by atoms with Crippen molar-refractivity contribution in [3.63, 3.8) is 0 Å². The Bertz CT molecular complexity index is 451. The second kappa shape index (κ2) is 4.28. The van der Waals surface area contributed by atoms with E-state index in [1.165, 1.54) is 6.07 Å². The molecule has 15 heavy (non-hydrogen) atoms. The van der Waals surface area contributed by atoms with Gasteiger partial charge in [-0.3, -0.25) is 9.78 Å². The molecule has 2 atom stereocenters. The van der Waals surface area contributed by atoms with Crippen LogP contribution >= 0.6 is 12.2 Å². The van der Waals surface area contributed by atoms with Crippen LogP contribution in [0.4, 0.5) is 0 Å². The lowest BCUT2D eigenvalue weighted by atomic mass is 10.0. The van der Waals surface area contributed by atoms with Gasteiger partial charge in [-0.25, -0.2) is 0 Å². The highest BCUT2D eigenvalue weighted by Crippen LogP contribution is 2.24. The van der Waals surface area contributed by atoms with Gasteiger partial charge in [0.2, 0.25) is 0 Å². The normalized spacial score (nSPS) is 26.5. The number of ether oxygens (including phenoxy) is 1. The molecule has 1 aliphatic heterocycles. The van der Waals surface area contributed by atoms with Gasteiger partial charge in [0.1, 0.15) is 0 Å². The molecule has 1 N–H and O–H groups in total. The highest BCUT2D eigenvalue weighted by atomic mass is 32.1. The van der Waals surface area contributed by atoms with Crippen LogP contribution in [0.5, 0.6) is 0 Å². The Morgan fingerprint density at radius 1 is 1.67 bits per heavy atom. The van der Waals surface area contributed by atoms with Crippen molar-refractivity contribution in [2.75, 3.05) is 6.61 Å². The molecular weight excluding hydrogens is 212 g/mol. The molecule has 2 unspecified atom stereocenters. The van der Waals surface area contributed by atoms with Crippen LogP contribution in [0.15, 0.2) is 17.1 Å². The lowest BCUT2D eigenvalue weighted by molar-refractivity contribution is 0.00537. The minimum atomic E-state index is -0.142. The SMILES string of the molecule is CC1CC(n2ccc(=O)[nH]c2=S)CCO1. The molecule has 0 spiro atoms. The van der Waals surface area contributed by atoms with E-state index < -0.39 is 0 Å². The maximum absolute atomic E-state index is 11.0. The molecule has 5 heteroatoms. The van der Waals surface area contributed by atoms with Gasteiger partial charge in [0.05, 0.1) is 6.10 Å². The zero-order valence-corrected chi connectivity index (χ0v) is 9.42. The quantitative estimate of drug-likeness (QED) is 0.741. The Kier molecular flexibility index (Phi) is 3.02. The number of aromatic nitrogens is 2. The summed E-state index contributed by atoms with van der Waals surface area (Å²) in [4.78, 5) is 13.7. The topological polar surface area (TPSA) is 47.0 Å². The number of nitrogens with one attached hydrogen (secondary N) is 1. The minimum absolute atomic E-state index is 0.142. The summed E-state index contributed by atoms with van der Waals surface area (Å²) < 4.78 is 7.93. The first kappa shape index (κ1) is 10.6. The van der Waals surface area contributed by atoms with Crippen molar-refractivity contribution < 1.29 is 4.74 Å². The van der Waals surface area contributed by atoms with Crippen LogP contribution in [0.3, 0.4) is 0 Å². The van der Waals surface area contributed by atoms with E-state index in [1.54, 1.807) is 6.20 Å². The predicted octanol–water partition coefficient (Wildman–Crippen LogP) is 1.65. The molecule has 1 fully saturated rings. The lowest BCUT2D eigenvalue weighted by Gasteiger charge is -2.28. The Labute approximate surface area is 92.9 Å². The molecule has 1 saturated heterocycles. The Morgan fingerprint density at radius 3 is 3.13 bits per heavy atom. The molecule has 0 bridgehead atoms. The Morgan fingerprint density at radius 2 is 2.47 bits per heavy atom. The van der Waals surface area contributed by atoms with E-state index in [4.69, 9.17) is 17.0 Å². The molecule has 1 aromatic heterocycles. The monoisotopic (exact) mass is 226 g/mol. The lowest BCUT2D eigenvalue weighted by Crippen LogP contribution is -2.27. The fourth-order valence-electron chi connectivity index (χ4n) is 1.94. The third-order valence-corrected chi connectivity index (χ3v) is 3.01. The van der Waals surface area contributed by atoms with E-state index in [1.807, 2.05) is 4.57 Å². The minimum Gasteiger partial charge on any atom is -0.378 e. The smallest absolute Gasteiger partial charge is 0.251 e. The second-order valence-electron chi connectivity index (χ2n) is 3.88. The van der Waals surface area contributed by atoms with E-state index in [-0.39, 0.29) is 11.7 Å². The number of H-pyrrole nitrogens is 1. The zero-order chi connectivity index (χ0) is 10.8. The van der Waals surface area contributed by atoms with Crippen molar-refractivity contribution in [3.8, 4) is 0 Å². The molecule has 0 aliphatic carbocycles. The number of rotatable bonds is 1. The Balaban J connectivity index is 2.29. The van der Waals surface area contributed by atoms with E-state index in [0.29, 0.717) is 10.8 Å². The fraction of sp³-hybridized carbons (Fsp3) is 0.600. The van der Waals surface area contributed by atoms with Gasteiger partial charge in [-0.1, -0.05) is 0 Å². The van der Waals surface area contributed by atoms with Crippen LogP contribution in [-0.2, 0) is 4.74 Å². The van der Waals surface area contributed by atoms with Gasteiger partial charge >= 0.3 is 0 Å². The third-order valence-electron chi connectivity index (χ3n) is 2.70. The van der Waals surface area contributed by atoms with Crippen molar-refractivity contribution in [2.24, 2.45) is 0 Å². The van der Waals surface area contributed by atoms with Crippen molar-refractivity contribution in [1.82, 2.24) is 9.55 Å². The van der Waals surface area contributed by atoms with Crippen molar-refractivity contribution in [1.29, 1.82) is 0 Å². The predicted molar refractivity (Wildman–Crippen MR) is 59.6 cm³/mol. The van der Waals surface area contributed by atoms with Gasteiger partial charge in [0, 0.05) is 24.9 Å². The van der Waals surface area contributed by atoms with E-state index in [0.717, 1.165) is 19.4 Å². The zero-order valence-electron chi connectivity index (χ0n) is 8.60. The number of nitrogens with zero attached hydrogens (tertiary/aromatic N) is 1. The molecule has 0 saturated carbocycles. The van der Waals surface area contributed by atoms with Crippen molar-refractivity contribution >= 4 is 12.2 Å². The summed E-state index contributed by atoms with van der Waals surface area (Å²) in [5, 5.41) is 0. The maximum Gasteiger partial charge on any atom is 0.251 e. The van der Waals surface area contributed by atoms with Crippen molar-refractivity contribution in [2.45, 2.75) is 31.9 Å². The molecule has 0 aromatic carbocycles. The van der Waals surface area contributed by atoms with Gasteiger partial charge in [-0.05, 0) is 32.0 Å². The van der Waals surface area contributed by atoms with Gasteiger partial charge in [-0.15, -0.1) is 0 Å². The second-order valence-corrected chi connectivity index (χ2v) is 4.26. The first-order valence-corrected chi connectivity index (χ1v) is 5.50. The molecule has 82 valence electrons. The van der Waals surface area contributed by atoms with Crippen LogP contribution in [0.2, 0.25) is 0 Å². The standard InChI is InChI=1S/C10H14N2O2S/c1-7-6-8(3-5-14-7)12-4-2-9(13)11-10(12)15/h2,4,7-8H,3,5-6H2,1H3,(H,11,13,15). The molecule has 0 radical (unpaired) electrons. The summed E-state index contributed by atoms with van der Waals surface area (Å²) in [6.07, 6.45) is 3.92. The molecular formula is C10H14N2O2S. The first-order valence-electron chi connectivity index (χ1n) is 5.10. The average molecular weight is 226 g/mol. The molecule has 1 aromatic rings. The molecule has 0 amide bonds. The summed E-state index contributed by atoms with van der Waals surface area (Å²) in [5.41, 5.74) is -0.142. The first-order chi connectivity index (χ1) is 7.16. The van der Waals surface area contributed by atoms with Crippen LogP contribution in [0, 0.1) is 4.77 Å². The summed E-state index contributed by atoms with van der Waals surface area (Å²) in [6.45, 7) is 2.81. The summed E-state index contributed by atoms with van der Waals surface area (Å²) in [5.74, 6) is 0. The van der Waals surface area contributed by atoms with E-state index in [2.05, 4.69) is 11.9 Å². The maximum atomic E-state index is 11.0. The molecule has 2 rings (SSSR count). The highest BCUT2D eigenvalue weighted by molar-refractivity contribution is 7.71. The molecule has 1 aliphatic rings. The van der Waals surface area contributed by atoms with Gasteiger partial charge < -0.3 is 9.30 Å². The van der Waals surface area contributed by atoms with Gasteiger partial charge in [-0.2, -0.15) is 0 Å². The molecule has 4 nitrogen and oxygen atoms in total. The molecule has 2 heterocycles. The summed E-state index contributed by atoms with van der Waals surface area (Å²) in [7, 11) is 0. The highest BCUT2D eigenvalue weighted by Gasteiger charge is 2.20. The van der Waals surface area contributed by atoms with Crippen LogP contribution < -0.4 is 5.56 Å². The number of hydrogen-bond acceptors (Lipinski definition) is 3. The third kappa shape index (κ3) is 2.35.